The Morgan fingerprint density at radius 2 is 1.75 bits per heavy atom. The number of carbonyl (C=O) groups is 1. The number of piperazine rings is 1. The molecule has 28 heavy (non-hydrogen) atoms. The summed E-state index contributed by atoms with van der Waals surface area (Å²) in [7, 11) is 0. The van der Waals surface area contributed by atoms with Gasteiger partial charge in [0.05, 0.1) is 0 Å². The van der Waals surface area contributed by atoms with Crippen LogP contribution in [0.4, 0.5) is 5.82 Å². The van der Waals surface area contributed by atoms with Crippen LogP contribution in [0.25, 0.3) is 5.65 Å². The number of anilines is 1. The van der Waals surface area contributed by atoms with Gasteiger partial charge >= 0.3 is 0 Å². The van der Waals surface area contributed by atoms with Gasteiger partial charge in [-0.05, 0) is 17.7 Å². The lowest BCUT2D eigenvalue weighted by atomic mass is 10.0. The molecule has 1 atom stereocenters. The van der Waals surface area contributed by atoms with Gasteiger partial charge in [-0.3, -0.25) is 4.79 Å². The lowest BCUT2D eigenvalue weighted by molar-refractivity contribution is -0.131. The van der Waals surface area contributed by atoms with Crippen molar-refractivity contribution < 1.29 is 4.79 Å². The van der Waals surface area contributed by atoms with Gasteiger partial charge in [-0.2, -0.15) is 4.52 Å². The highest BCUT2D eigenvalue weighted by molar-refractivity contribution is 5.85. The fourth-order valence-electron chi connectivity index (χ4n) is 3.21. The minimum Gasteiger partial charge on any atom is -0.352 e. The summed E-state index contributed by atoms with van der Waals surface area (Å²) in [5.41, 5.74) is 7.89. The molecular formula is C18H23Cl2N7O. The number of nitrogens with zero attached hydrogens (tertiary/aromatic N) is 6. The van der Waals surface area contributed by atoms with Crippen molar-refractivity contribution in [3.63, 3.8) is 0 Å². The second-order valence-corrected chi connectivity index (χ2v) is 6.41. The van der Waals surface area contributed by atoms with Crippen LogP contribution < -0.4 is 10.6 Å². The van der Waals surface area contributed by atoms with E-state index in [1.54, 1.807) is 10.8 Å². The molecule has 10 heteroatoms. The molecule has 1 aliphatic rings. The van der Waals surface area contributed by atoms with Crippen molar-refractivity contribution in [1.82, 2.24) is 24.7 Å². The Balaban J connectivity index is 0.00000140. The Kier molecular flexibility index (Phi) is 7.56. The molecule has 0 radical (unpaired) electrons. The van der Waals surface area contributed by atoms with Gasteiger partial charge in [-0.1, -0.05) is 30.3 Å². The van der Waals surface area contributed by atoms with Crippen molar-refractivity contribution in [2.45, 2.75) is 12.5 Å². The normalized spacial score (nSPS) is 14.9. The van der Waals surface area contributed by atoms with Crippen LogP contribution in [0, 0.1) is 0 Å². The van der Waals surface area contributed by atoms with Gasteiger partial charge in [0.15, 0.2) is 5.65 Å². The molecule has 1 saturated heterocycles. The van der Waals surface area contributed by atoms with Crippen LogP contribution in [0.1, 0.15) is 18.0 Å². The lowest BCUT2D eigenvalue weighted by Crippen LogP contribution is -2.49. The maximum absolute atomic E-state index is 12.6. The summed E-state index contributed by atoms with van der Waals surface area (Å²) in [6.45, 7) is 2.82. The Morgan fingerprint density at radius 3 is 2.46 bits per heavy atom. The predicted molar refractivity (Wildman–Crippen MR) is 112 cm³/mol. The maximum Gasteiger partial charge on any atom is 0.224 e. The molecule has 0 bridgehead atoms. The fourth-order valence-corrected chi connectivity index (χ4v) is 3.21. The summed E-state index contributed by atoms with van der Waals surface area (Å²) >= 11 is 0. The van der Waals surface area contributed by atoms with E-state index in [2.05, 4.69) is 20.2 Å². The highest BCUT2D eigenvalue weighted by atomic mass is 35.5. The summed E-state index contributed by atoms with van der Waals surface area (Å²) in [5.74, 6) is 0.966. The third-order valence-electron chi connectivity index (χ3n) is 4.73. The molecule has 0 spiro atoms. The van der Waals surface area contributed by atoms with E-state index in [1.807, 2.05) is 47.4 Å². The summed E-state index contributed by atoms with van der Waals surface area (Å²) in [6.07, 6.45) is 1.92. The number of halogens is 2. The average Bonchev–Trinajstić information content (AvgIpc) is 3.16. The van der Waals surface area contributed by atoms with E-state index in [9.17, 15) is 4.79 Å². The zero-order valence-corrected chi connectivity index (χ0v) is 16.9. The van der Waals surface area contributed by atoms with Crippen LogP contribution in [0.2, 0.25) is 0 Å². The van der Waals surface area contributed by atoms with Crippen LogP contribution in [-0.4, -0.2) is 56.8 Å². The van der Waals surface area contributed by atoms with Gasteiger partial charge in [-0.15, -0.1) is 40.1 Å². The molecule has 1 fully saturated rings. The molecule has 1 aliphatic heterocycles. The van der Waals surface area contributed by atoms with Crippen molar-refractivity contribution in [3.8, 4) is 0 Å². The molecule has 2 N–H and O–H groups in total. The number of benzene rings is 1. The molecule has 1 aromatic carbocycles. The van der Waals surface area contributed by atoms with E-state index in [0.717, 1.165) is 30.1 Å². The van der Waals surface area contributed by atoms with Gasteiger partial charge in [-0.25, -0.2) is 0 Å². The minimum atomic E-state index is -0.264. The quantitative estimate of drug-likeness (QED) is 0.686. The number of fused-ring (bicyclic) bond motifs is 1. The van der Waals surface area contributed by atoms with E-state index >= 15 is 0 Å². The predicted octanol–water partition coefficient (Wildman–Crippen LogP) is 1.71. The Morgan fingerprint density at radius 1 is 1.04 bits per heavy atom. The molecule has 3 aromatic rings. The van der Waals surface area contributed by atoms with Crippen LogP contribution in [0.5, 0.6) is 0 Å². The van der Waals surface area contributed by atoms with Crippen LogP contribution in [0.3, 0.4) is 0 Å². The number of hydrogen-bond acceptors (Lipinski definition) is 6. The van der Waals surface area contributed by atoms with Gasteiger partial charge in [0.1, 0.15) is 12.1 Å². The first-order chi connectivity index (χ1) is 12.7. The van der Waals surface area contributed by atoms with E-state index in [1.165, 1.54) is 0 Å². The molecule has 0 saturated carbocycles. The summed E-state index contributed by atoms with van der Waals surface area (Å²) in [5, 5.41) is 12.3. The lowest BCUT2D eigenvalue weighted by Gasteiger charge is -2.35. The topological polar surface area (TPSA) is 92.7 Å². The number of amides is 1. The molecule has 1 amide bonds. The van der Waals surface area contributed by atoms with E-state index in [0.29, 0.717) is 19.5 Å². The van der Waals surface area contributed by atoms with Crippen molar-refractivity contribution in [2.24, 2.45) is 5.73 Å². The summed E-state index contributed by atoms with van der Waals surface area (Å²) in [4.78, 5) is 16.6. The highest BCUT2D eigenvalue weighted by Gasteiger charge is 2.23. The van der Waals surface area contributed by atoms with E-state index in [4.69, 9.17) is 5.73 Å². The first-order valence-corrected chi connectivity index (χ1v) is 8.71. The first-order valence-electron chi connectivity index (χ1n) is 8.71. The highest BCUT2D eigenvalue weighted by Crippen LogP contribution is 2.17. The second-order valence-electron chi connectivity index (χ2n) is 6.41. The largest absolute Gasteiger partial charge is 0.352 e. The molecule has 8 nitrogen and oxygen atoms in total. The molecule has 150 valence electrons. The third-order valence-corrected chi connectivity index (χ3v) is 4.73. The SMILES string of the molecule is Cl.Cl.NC(CC(=O)N1CCN(c2ccc3nncn3n2)CC1)c1ccccc1. The number of aromatic nitrogens is 4. The second kappa shape index (κ2) is 9.68. The summed E-state index contributed by atoms with van der Waals surface area (Å²) in [6, 6.07) is 13.3. The van der Waals surface area contributed by atoms with Gasteiger partial charge < -0.3 is 15.5 Å². The number of rotatable bonds is 4. The fraction of sp³-hybridized carbons (Fsp3) is 0.333. The maximum atomic E-state index is 12.6. The molecular weight excluding hydrogens is 401 g/mol. The standard InChI is InChI=1S/C18H21N7O.2ClH/c19-15(14-4-2-1-3-5-14)12-18(26)24-10-8-23(9-11-24)17-7-6-16-21-20-13-25(16)22-17;;/h1-7,13,15H,8-12,19H2;2*1H. The average molecular weight is 424 g/mol. The molecule has 1 unspecified atom stereocenters. The smallest absolute Gasteiger partial charge is 0.224 e. The van der Waals surface area contributed by atoms with E-state index in [-0.39, 0.29) is 36.8 Å². The van der Waals surface area contributed by atoms with Crippen LogP contribution >= 0.6 is 24.8 Å². The van der Waals surface area contributed by atoms with Gasteiger partial charge in [0.2, 0.25) is 5.91 Å². The number of nitrogens with two attached hydrogens (primary N) is 1. The van der Waals surface area contributed by atoms with Gasteiger partial charge in [0, 0.05) is 38.6 Å². The zero-order chi connectivity index (χ0) is 17.9. The van der Waals surface area contributed by atoms with Crippen molar-refractivity contribution in [1.29, 1.82) is 0 Å². The summed E-state index contributed by atoms with van der Waals surface area (Å²) < 4.78 is 1.66. The third kappa shape index (κ3) is 4.70. The zero-order valence-electron chi connectivity index (χ0n) is 15.2. The van der Waals surface area contributed by atoms with Gasteiger partial charge in [0.25, 0.3) is 0 Å². The molecule has 0 aliphatic carbocycles. The Labute approximate surface area is 175 Å². The molecule has 3 heterocycles. The number of carbonyl (C=O) groups excluding carboxylic acids is 1. The minimum absolute atomic E-state index is 0. The van der Waals surface area contributed by atoms with Crippen molar-refractivity contribution >= 4 is 42.2 Å². The van der Waals surface area contributed by atoms with Crippen LogP contribution in [0.15, 0.2) is 48.8 Å². The van der Waals surface area contributed by atoms with E-state index < -0.39 is 0 Å². The molecule has 4 rings (SSSR count). The van der Waals surface area contributed by atoms with Crippen LogP contribution in [-0.2, 0) is 4.79 Å². The number of hydrogen-bond donors (Lipinski definition) is 1. The molecule has 2 aromatic heterocycles. The monoisotopic (exact) mass is 423 g/mol. The first kappa shape index (κ1) is 21.9. The Hall–Kier alpha value is -2.42. The van der Waals surface area contributed by atoms with Crippen molar-refractivity contribution in [3.05, 3.63) is 54.4 Å². The Bertz CT molecular complexity index is 897. The van der Waals surface area contributed by atoms with Crippen molar-refractivity contribution in [2.75, 3.05) is 31.1 Å².